The molecule has 1 aromatic rings. The highest BCUT2D eigenvalue weighted by Gasteiger charge is 2.16. The molecule has 1 rings (SSSR count). The van der Waals surface area contributed by atoms with Crippen molar-refractivity contribution in [3.63, 3.8) is 0 Å². The lowest BCUT2D eigenvalue weighted by Crippen LogP contribution is -2.45. The Balaban J connectivity index is 2.60. The van der Waals surface area contributed by atoms with Crippen molar-refractivity contribution in [2.24, 2.45) is 5.73 Å². The van der Waals surface area contributed by atoms with E-state index in [2.05, 4.69) is 12.2 Å². The molecule has 5 nitrogen and oxygen atoms in total. The third kappa shape index (κ3) is 5.63. The molecule has 0 aliphatic rings. The fourth-order valence-electron chi connectivity index (χ4n) is 2.05. The molecule has 0 radical (unpaired) electrons. The van der Waals surface area contributed by atoms with Gasteiger partial charge >= 0.3 is 0 Å². The second-order valence-corrected chi connectivity index (χ2v) is 5.25. The quantitative estimate of drug-likeness (QED) is 0.729. The van der Waals surface area contributed by atoms with E-state index < -0.39 is 0 Å². The van der Waals surface area contributed by atoms with E-state index in [1.54, 1.807) is 7.11 Å². The number of hydrogen-bond donors (Lipinski definition) is 2. The maximum atomic E-state index is 11.4. The average molecular weight is 294 g/mol. The Hall–Kier alpha value is -1.75. The normalized spacial score (nSPS) is 12.2. The van der Waals surface area contributed by atoms with Crippen molar-refractivity contribution < 1.29 is 14.3 Å². The number of rotatable bonds is 9. The van der Waals surface area contributed by atoms with Crippen molar-refractivity contribution in [1.29, 1.82) is 0 Å². The lowest BCUT2D eigenvalue weighted by molar-refractivity contribution is -0.120. The molecule has 0 bridgehead atoms. The smallest absolute Gasteiger partial charge is 0.234 e. The molecule has 0 aliphatic heterocycles. The number of nitrogens with two attached hydrogens (primary N) is 1. The van der Waals surface area contributed by atoms with Crippen LogP contribution in [0.15, 0.2) is 18.2 Å². The minimum Gasteiger partial charge on any atom is -0.493 e. The number of nitrogens with one attached hydrogen (secondary N) is 1. The van der Waals surface area contributed by atoms with Gasteiger partial charge in [-0.2, -0.15) is 0 Å². The van der Waals surface area contributed by atoms with Crippen molar-refractivity contribution in [2.75, 3.05) is 13.7 Å². The molecule has 1 atom stereocenters. The number of benzene rings is 1. The van der Waals surface area contributed by atoms with Gasteiger partial charge in [-0.1, -0.05) is 26.8 Å². The molecule has 1 aromatic carbocycles. The van der Waals surface area contributed by atoms with Gasteiger partial charge in [-0.15, -0.1) is 0 Å². The van der Waals surface area contributed by atoms with E-state index in [-0.39, 0.29) is 18.0 Å². The first-order valence-electron chi connectivity index (χ1n) is 7.33. The van der Waals surface area contributed by atoms with E-state index >= 15 is 0 Å². The van der Waals surface area contributed by atoms with E-state index in [1.807, 2.05) is 32.0 Å². The Morgan fingerprint density at radius 3 is 2.57 bits per heavy atom. The van der Waals surface area contributed by atoms with E-state index in [1.165, 1.54) is 5.56 Å². The number of ether oxygens (including phenoxy) is 2. The fourth-order valence-corrected chi connectivity index (χ4v) is 2.05. The van der Waals surface area contributed by atoms with Gasteiger partial charge in [0, 0.05) is 12.5 Å². The number of aryl methyl sites for hydroxylation is 1. The third-order valence-electron chi connectivity index (χ3n) is 3.18. The number of carbonyl (C=O) groups excluding carboxylic acids is 1. The van der Waals surface area contributed by atoms with Crippen molar-refractivity contribution in [2.45, 2.75) is 45.7 Å². The zero-order valence-electron chi connectivity index (χ0n) is 13.3. The van der Waals surface area contributed by atoms with Crippen molar-refractivity contribution >= 4 is 5.91 Å². The van der Waals surface area contributed by atoms with Gasteiger partial charge in [-0.05, 0) is 24.1 Å². The molecular weight excluding hydrogens is 268 g/mol. The molecule has 0 aromatic heterocycles. The summed E-state index contributed by atoms with van der Waals surface area (Å²) < 4.78 is 11.0. The minimum absolute atomic E-state index is 0.195. The van der Waals surface area contributed by atoms with Gasteiger partial charge in [0.15, 0.2) is 11.5 Å². The van der Waals surface area contributed by atoms with Crippen LogP contribution in [0.5, 0.6) is 11.5 Å². The maximum Gasteiger partial charge on any atom is 0.234 e. The largest absolute Gasteiger partial charge is 0.493 e. The van der Waals surface area contributed by atoms with E-state index in [0.29, 0.717) is 24.5 Å². The SMILES string of the molecule is CCc1ccc(OCCC(NC(C)C)C(N)=O)c(OC)c1. The summed E-state index contributed by atoms with van der Waals surface area (Å²) in [5.74, 6) is 1.03. The van der Waals surface area contributed by atoms with Crippen LogP contribution in [0, 0.1) is 0 Å². The molecule has 0 spiro atoms. The summed E-state index contributed by atoms with van der Waals surface area (Å²) in [5.41, 5.74) is 6.57. The number of amides is 1. The van der Waals surface area contributed by atoms with Crippen LogP contribution >= 0.6 is 0 Å². The lowest BCUT2D eigenvalue weighted by atomic mass is 10.1. The van der Waals surface area contributed by atoms with Gasteiger partial charge < -0.3 is 20.5 Å². The summed E-state index contributed by atoms with van der Waals surface area (Å²) in [6.45, 7) is 6.44. The lowest BCUT2D eigenvalue weighted by Gasteiger charge is -2.19. The number of hydrogen-bond acceptors (Lipinski definition) is 4. The molecule has 118 valence electrons. The van der Waals surface area contributed by atoms with Gasteiger partial charge in [-0.25, -0.2) is 0 Å². The monoisotopic (exact) mass is 294 g/mol. The highest BCUT2D eigenvalue weighted by molar-refractivity contribution is 5.79. The average Bonchev–Trinajstić information content (AvgIpc) is 2.45. The molecule has 0 fully saturated rings. The van der Waals surface area contributed by atoms with Gasteiger partial charge in [0.05, 0.1) is 19.8 Å². The minimum atomic E-state index is -0.383. The van der Waals surface area contributed by atoms with Gasteiger partial charge in [-0.3, -0.25) is 4.79 Å². The van der Waals surface area contributed by atoms with Crippen molar-refractivity contribution in [3.05, 3.63) is 23.8 Å². The first kappa shape index (κ1) is 17.3. The molecule has 0 aliphatic carbocycles. The van der Waals surface area contributed by atoms with E-state index in [4.69, 9.17) is 15.2 Å². The summed E-state index contributed by atoms with van der Waals surface area (Å²) in [4.78, 5) is 11.4. The summed E-state index contributed by atoms with van der Waals surface area (Å²) in [7, 11) is 1.62. The summed E-state index contributed by atoms with van der Waals surface area (Å²) in [6.07, 6.45) is 1.46. The Morgan fingerprint density at radius 1 is 1.33 bits per heavy atom. The van der Waals surface area contributed by atoms with Crippen LogP contribution in [0.3, 0.4) is 0 Å². The maximum absolute atomic E-state index is 11.4. The van der Waals surface area contributed by atoms with E-state index in [9.17, 15) is 4.79 Å². The zero-order chi connectivity index (χ0) is 15.8. The molecule has 3 N–H and O–H groups in total. The van der Waals surface area contributed by atoms with Crippen LogP contribution in [-0.4, -0.2) is 31.7 Å². The summed E-state index contributed by atoms with van der Waals surface area (Å²) in [6, 6.07) is 5.68. The summed E-state index contributed by atoms with van der Waals surface area (Å²) >= 11 is 0. The van der Waals surface area contributed by atoms with Gasteiger partial charge in [0.2, 0.25) is 5.91 Å². The molecule has 21 heavy (non-hydrogen) atoms. The molecule has 1 unspecified atom stereocenters. The molecule has 0 saturated carbocycles. The Bertz CT molecular complexity index is 461. The molecule has 0 heterocycles. The highest BCUT2D eigenvalue weighted by atomic mass is 16.5. The molecular formula is C16H26N2O3. The first-order valence-corrected chi connectivity index (χ1v) is 7.33. The zero-order valence-corrected chi connectivity index (χ0v) is 13.3. The second kappa shape index (κ2) is 8.52. The first-order chi connectivity index (χ1) is 9.97. The second-order valence-electron chi connectivity index (χ2n) is 5.25. The number of primary amides is 1. The van der Waals surface area contributed by atoms with Crippen LogP contribution in [0.4, 0.5) is 0 Å². The predicted molar refractivity (Wildman–Crippen MR) is 83.7 cm³/mol. The van der Waals surface area contributed by atoms with Crippen LogP contribution in [0.2, 0.25) is 0 Å². The van der Waals surface area contributed by atoms with Crippen molar-refractivity contribution in [1.82, 2.24) is 5.32 Å². The standard InChI is InChI=1S/C16H26N2O3/c1-5-12-6-7-14(15(10-12)20-4)21-9-8-13(16(17)19)18-11(2)3/h6-7,10-11,13,18H,5,8-9H2,1-4H3,(H2,17,19). The highest BCUT2D eigenvalue weighted by Crippen LogP contribution is 2.28. The van der Waals surface area contributed by atoms with Crippen molar-refractivity contribution in [3.8, 4) is 11.5 Å². The Morgan fingerprint density at radius 2 is 2.05 bits per heavy atom. The number of carbonyl (C=O) groups is 1. The van der Waals surface area contributed by atoms with Crippen LogP contribution in [0.1, 0.15) is 32.8 Å². The van der Waals surface area contributed by atoms with Crippen LogP contribution < -0.4 is 20.5 Å². The molecule has 0 saturated heterocycles. The fraction of sp³-hybridized carbons (Fsp3) is 0.562. The number of methoxy groups -OCH3 is 1. The van der Waals surface area contributed by atoms with E-state index in [0.717, 1.165) is 6.42 Å². The third-order valence-corrected chi connectivity index (χ3v) is 3.18. The predicted octanol–water partition coefficient (Wildman–Crippen LogP) is 1.88. The van der Waals surface area contributed by atoms with Crippen LogP contribution in [-0.2, 0) is 11.2 Å². The van der Waals surface area contributed by atoms with Crippen LogP contribution in [0.25, 0.3) is 0 Å². The van der Waals surface area contributed by atoms with Gasteiger partial charge in [0.1, 0.15) is 0 Å². The molecule has 1 amide bonds. The van der Waals surface area contributed by atoms with Gasteiger partial charge in [0.25, 0.3) is 0 Å². The summed E-state index contributed by atoms with van der Waals surface area (Å²) in [5, 5.41) is 3.13. The topological polar surface area (TPSA) is 73.6 Å². The molecule has 5 heteroatoms. The Kier molecular flexibility index (Phi) is 7.02. The Labute approximate surface area is 126 Å².